The van der Waals surface area contributed by atoms with Gasteiger partial charge in [-0.3, -0.25) is 9.59 Å². The van der Waals surface area contributed by atoms with E-state index in [9.17, 15) is 9.59 Å². The molecule has 0 saturated heterocycles. The number of carbonyl (C=O) groups is 2. The summed E-state index contributed by atoms with van der Waals surface area (Å²) in [5.74, 6) is -1.02. The molecule has 2 aliphatic rings. The Bertz CT molecular complexity index is 1580. The lowest BCUT2D eigenvalue weighted by molar-refractivity contribution is -0.162. The van der Waals surface area contributed by atoms with E-state index in [0.717, 1.165) is 16.7 Å². The summed E-state index contributed by atoms with van der Waals surface area (Å²) in [6, 6.07) is 33.3. The minimum Gasteiger partial charge on any atom is -0.393 e. The van der Waals surface area contributed by atoms with Gasteiger partial charge in [-0.2, -0.15) is 0 Å². The molecule has 0 radical (unpaired) electrons. The molecule has 4 aromatic rings. The zero-order chi connectivity index (χ0) is 28.5. The Kier molecular flexibility index (Phi) is 7.33. The van der Waals surface area contributed by atoms with Gasteiger partial charge in [0.15, 0.2) is 0 Å². The van der Waals surface area contributed by atoms with Crippen molar-refractivity contribution in [1.29, 1.82) is 0 Å². The summed E-state index contributed by atoms with van der Waals surface area (Å²) in [6.45, 7) is 0.681. The lowest BCUT2D eigenvalue weighted by atomic mass is 9.80. The first-order valence-electron chi connectivity index (χ1n) is 14.4. The number of benzene rings is 4. The topological polar surface area (TPSA) is 95.4 Å². The van der Waals surface area contributed by atoms with E-state index >= 15 is 0 Å². The van der Waals surface area contributed by atoms with Crippen molar-refractivity contribution in [3.8, 4) is 22.3 Å². The number of fused-ring (bicyclic) bond motifs is 2. The van der Waals surface area contributed by atoms with Crippen molar-refractivity contribution in [2.75, 3.05) is 13.1 Å². The molecule has 4 aromatic carbocycles. The van der Waals surface area contributed by atoms with Gasteiger partial charge in [0.2, 0.25) is 0 Å². The first-order chi connectivity index (χ1) is 19.9. The van der Waals surface area contributed by atoms with E-state index in [1.165, 1.54) is 27.8 Å². The molecule has 0 heterocycles. The van der Waals surface area contributed by atoms with Gasteiger partial charge in [0.05, 0.1) is 12.8 Å². The van der Waals surface area contributed by atoms with Gasteiger partial charge in [0.25, 0.3) is 0 Å². The lowest BCUT2D eigenvalue weighted by Gasteiger charge is -2.27. The van der Waals surface area contributed by atoms with Gasteiger partial charge in [-0.15, -0.1) is 0 Å². The highest BCUT2D eigenvalue weighted by Gasteiger charge is 2.42. The van der Waals surface area contributed by atoms with Crippen LogP contribution < -0.4 is 11.5 Å². The zero-order valence-corrected chi connectivity index (χ0v) is 23.3. The molecule has 6 rings (SSSR count). The number of carbonyl (C=O) groups excluding carboxylic acids is 2. The lowest BCUT2D eigenvalue weighted by Crippen LogP contribution is -2.37. The van der Waals surface area contributed by atoms with Crippen LogP contribution in [-0.2, 0) is 40.0 Å². The van der Waals surface area contributed by atoms with Crippen LogP contribution in [0.5, 0.6) is 0 Å². The second-order valence-electron chi connectivity index (χ2n) is 12.0. The van der Waals surface area contributed by atoms with Gasteiger partial charge in [-0.25, -0.2) is 0 Å². The van der Waals surface area contributed by atoms with Gasteiger partial charge in [-0.1, -0.05) is 97.1 Å². The SMILES string of the molecule is NCC1(CC(=O)OC(=O)CC2(CN)Cc3cccc(-c4ccccc4)c3C2)Cc2ccc(-c3ccccc3)cc2C1. The van der Waals surface area contributed by atoms with E-state index in [1.54, 1.807) is 0 Å². The van der Waals surface area contributed by atoms with Crippen molar-refractivity contribution in [3.63, 3.8) is 0 Å². The minimum absolute atomic E-state index is 0.106. The smallest absolute Gasteiger partial charge is 0.314 e. The number of ether oxygens (including phenoxy) is 1. The maximum atomic E-state index is 13.1. The van der Waals surface area contributed by atoms with Crippen LogP contribution in [-0.4, -0.2) is 25.0 Å². The highest BCUT2D eigenvalue weighted by Crippen LogP contribution is 2.44. The van der Waals surface area contributed by atoms with E-state index in [1.807, 2.05) is 36.4 Å². The predicted octanol–water partition coefficient (Wildman–Crippen LogP) is 5.66. The summed E-state index contributed by atoms with van der Waals surface area (Å²) in [5, 5.41) is 0. The molecule has 0 aromatic heterocycles. The molecule has 0 saturated carbocycles. The molecular weight excluding hydrogens is 508 g/mol. The molecule has 2 unspecified atom stereocenters. The van der Waals surface area contributed by atoms with Gasteiger partial charge in [-0.05, 0) is 83.3 Å². The molecule has 41 heavy (non-hydrogen) atoms. The van der Waals surface area contributed by atoms with E-state index in [2.05, 4.69) is 60.7 Å². The molecule has 0 amide bonds. The van der Waals surface area contributed by atoms with Crippen LogP contribution in [0.25, 0.3) is 22.3 Å². The van der Waals surface area contributed by atoms with Crippen molar-refractivity contribution >= 4 is 11.9 Å². The van der Waals surface area contributed by atoms with Crippen LogP contribution in [0.3, 0.4) is 0 Å². The van der Waals surface area contributed by atoms with Crippen molar-refractivity contribution in [3.05, 3.63) is 119 Å². The van der Waals surface area contributed by atoms with Crippen molar-refractivity contribution in [2.24, 2.45) is 22.3 Å². The second kappa shape index (κ2) is 11.1. The largest absolute Gasteiger partial charge is 0.393 e. The average molecular weight is 545 g/mol. The summed E-state index contributed by atoms with van der Waals surface area (Å²) in [5.41, 5.74) is 21.1. The Morgan fingerprint density at radius 2 is 1.17 bits per heavy atom. The average Bonchev–Trinajstić information content (AvgIpc) is 3.55. The summed E-state index contributed by atoms with van der Waals surface area (Å²) in [6.07, 6.45) is 2.97. The molecule has 2 aliphatic carbocycles. The first kappa shape index (κ1) is 27.1. The number of nitrogens with two attached hydrogens (primary N) is 2. The Balaban J connectivity index is 1.11. The van der Waals surface area contributed by atoms with Gasteiger partial charge in [0, 0.05) is 10.8 Å². The fraction of sp³-hybridized carbons (Fsp3) is 0.278. The van der Waals surface area contributed by atoms with Crippen LogP contribution in [0.4, 0.5) is 0 Å². The van der Waals surface area contributed by atoms with E-state index in [0.29, 0.717) is 38.8 Å². The summed E-state index contributed by atoms with van der Waals surface area (Å²) >= 11 is 0. The predicted molar refractivity (Wildman–Crippen MR) is 162 cm³/mol. The van der Waals surface area contributed by atoms with Crippen LogP contribution in [0.1, 0.15) is 35.1 Å². The molecule has 0 fully saturated rings. The number of rotatable bonds is 8. The summed E-state index contributed by atoms with van der Waals surface area (Å²) in [4.78, 5) is 26.2. The van der Waals surface area contributed by atoms with E-state index in [4.69, 9.17) is 16.2 Å². The molecule has 5 heteroatoms. The first-order valence-corrected chi connectivity index (χ1v) is 14.4. The molecule has 0 spiro atoms. The van der Waals surface area contributed by atoms with E-state index in [-0.39, 0.29) is 12.8 Å². The molecule has 4 N–H and O–H groups in total. The highest BCUT2D eigenvalue weighted by atomic mass is 16.6. The monoisotopic (exact) mass is 544 g/mol. The third-order valence-electron chi connectivity index (χ3n) is 9.05. The number of hydrogen-bond donors (Lipinski definition) is 2. The normalized spacial score (nSPS) is 20.8. The highest BCUT2D eigenvalue weighted by molar-refractivity contribution is 5.86. The van der Waals surface area contributed by atoms with Crippen LogP contribution in [0, 0.1) is 10.8 Å². The van der Waals surface area contributed by atoms with Crippen LogP contribution in [0.15, 0.2) is 97.1 Å². The molecule has 0 bridgehead atoms. The maximum Gasteiger partial charge on any atom is 0.314 e. The summed E-state index contributed by atoms with van der Waals surface area (Å²) < 4.78 is 5.44. The van der Waals surface area contributed by atoms with Crippen molar-refractivity contribution in [1.82, 2.24) is 0 Å². The molecule has 208 valence electrons. The molecular formula is C36H36N2O3. The Labute approximate surface area is 241 Å². The third kappa shape index (κ3) is 5.48. The van der Waals surface area contributed by atoms with Crippen molar-refractivity contribution < 1.29 is 14.3 Å². The van der Waals surface area contributed by atoms with Gasteiger partial charge < -0.3 is 16.2 Å². The fourth-order valence-corrected chi connectivity index (χ4v) is 6.88. The van der Waals surface area contributed by atoms with Crippen LogP contribution in [0.2, 0.25) is 0 Å². The zero-order valence-electron chi connectivity index (χ0n) is 23.3. The summed E-state index contributed by atoms with van der Waals surface area (Å²) in [7, 11) is 0. The third-order valence-corrected chi connectivity index (χ3v) is 9.05. The van der Waals surface area contributed by atoms with Gasteiger partial charge >= 0.3 is 11.9 Å². The Morgan fingerprint density at radius 1 is 0.585 bits per heavy atom. The fourth-order valence-electron chi connectivity index (χ4n) is 6.88. The Hall–Kier alpha value is -4.06. The number of esters is 2. The minimum atomic E-state index is -0.511. The maximum absolute atomic E-state index is 13.1. The molecule has 0 aliphatic heterocycles. The second-order valence-corrected chi connectivity index (χ2v) is 12.0. The van der Waals surface area contributed by atoms with Gasteiger partial charge in [0.1, 0.15) is 0 Å². The quantitative estimate of drug-likeness (QED) is 0.221. The van der Waals surface area contributed by atoms with Crippen molar-refractivity contribution in [2.45, 2.75) is 38.5 Å². The molecule has 2 atom stereocenters. The Morgan fingerprint density at radius 3 is 1.83 bits per heavy atom. The standard InChI is InChI=1S/C36H36N2O3/c37-23-35(17-28-15-14-27(16-30(28)19-35)25-8-3-1-4-9-25)21-33(39)41-34(40)22-36(24-38)18-29-12-7-13-31(32(29)20-36)26-10-5-2-6-11-26/h1-16H,17-24,37-38H2. The molecule has 5 nitrogen and oxygen atoms in total. The number of hydrogen-bond acceptors (Lipinski definition) is 5. The van der Waals surface area contributed by atoms with Crippen LogP contribution >= 0.6 is 0 Å². The van der Waals surface area contributed by atoms with E-state index < -0.39 is 22.8 Å².